The number of unbranched alkanes of at least 4 members (excludes halogenated alkanes) is 47. The van der Waals surface area contributed by atoms with Gasteiger partial charge in [-0.05, 0) is 64.2 Å². The number of amides is 1. The molecule has 1 amide bonds. The van der Waals surface area contributed by atoms with Crippen LogP contribution in [0.4, 0.5) is 0 Å². The topological polar surface area (TPSA) is 110 Å². The first-order valence-electron chi connectivity index (χ1n) is 32.2. The van der Waals surface area contributed by atoms with E-state index in [9.17, 15) is 25.2 Å². The third-order valence-corrected chi connectivity index (χ3v) is 15.4. The van der Waals surface area contributed by atoms with Crippen LogP contribution in [-0.2, 0) is 4.79 Å². The second kappa shape index (κ2) is 59.7. The zero-order valence-electron chi connectivity index (χ0n) is 48.0. The molecule has 422 valence electrons. The van der Waals surface area contributed by atoms with E-state index in [0.29, 0.717) is 12.8 Å². The van der Waals surface area contributed by atoms with Crippen molar-refractivity contribution >= 4 is 5.91 Å². The van der Waals surface area contributed by atoms with Crippen molar-refractivity contribution in [3.05, 3.63) is 24.3 Å². The molecule has 0 spiro atoms. The van der Waals surface area contributed by atoms with Gasteiger partial charge in [-0.2, -0.15) is 0 Å². The molecule has 0 aliphatic rings. The molecular formula is C65H127NO5. The number of carbonyl (C=O) groups excluding carboxylic acids is 1. The summed E-state index contributed by atoms with van der Waals surface area (Å²) in [7, 11) is 0. The third kappa shape index (κ3) is 53.4. The molecule has 0 rings (SSSR count). The monoisotopic (exact) mass is 1000 g/mol. The number of allylic oxidation sites excluding steroid dienone is 4. The number of rotatable bonds is 60. The molecular weight excluding hydrogens is 875 g/mol. The van der Waals surface area contributed by atoms with E-state index in [0.717, 1.165) is 38.5 Å². The van der Waals surface area contributed by atoms with E-state index in [2.05, 4.69) is 43.5 Å². The van der Waals surface area contributed by atoms with Gasteiger partial charge < -0.3 is 25.7 Å². The molecule has 0 aromatic carbocycles. The van der Waals surface area contributed by atoms with Crippen LogP contribution >= 0.6 is 0 Å². The molecule has 6 nitrogen and oxygen atoms in total. The van der Waals surface area contributed by atoms with Gasteiger partial charge in [-0.25, -0.2) is 0 Å². The minimum atomic E-state index is -1.28. The summed E-state index contributed by atoms with van der Waals surface area (Å²) < 4.78 is 0. The van der Waals surface area contributed by atoms with Gasteiger partial charge in [0, 0.05) is 0 Å². The normalized spacial score (nSPS) is 13.7. The fourth-order valence-electron chi connectivity index (χ4n) is 10.3. The lowest BCUT2D eigenvalue weighted by atomic mass is 10.00. The van der Waals surface area contributed by atoms with Crippen LogP contribution in [0.3, 0.4) is 0 Å². The number of aliphatic hydroxyl groups is 4. The molecule has 0 aromatic heterocycles. The van der Waals surface area contributed by atoms with E-state index in [1.807, 2.05) is 0 Å². The summed E-state index contributed by atoms with van der Waals surface area (Å²) in [4.78, 5) is 12.6. The molecule has 0 heterocycles. The number of hydrogen-bond donors (Lipinski definition) is 5. The Morgan fingerprint density at radius 2 is 0.577 bits per heavy atom. The molecule has 0 radical (unpaired) electrons. The Kier molecular flexibility index (Phi) is 58.6. The SMILES string of the molecule is CCCCCCCCCCCCCC/C=C\CCCCCCCCCCCCCCCC(O)C(=O)NC(CO)C(O)C(O)CCC/C=C/CCCCCCCCCCCCCCCCCCCCCCC. The van der Waals surface area contributed by atoms with E-state index >= 15 is 0 Å². The van der Waals surface area contributed by atoms with Crippen molar-refractivity contribution in [1.82, 2.24) is 5.32 Å². The van der Waals surface area contributed by atoms with E-state index in [-0.39, 0.29) is 0 Å². The van der Waals surface area contributed by atoms with Gasteiger partial charge in [-0.3, -0.25) is 4.79 Å². The highest BCUT2D eigenvalue weighted by Crippen LogP contribution is 2.19. The van der Waals surface area contributed by atoms with Crippen molar-refractivity contribution in [3.8, 4) is 0 Å². The van der Waals surface area contributed by atoms with Crippen molar-refractivity contribution in [2.75, 3.05) is 6.61 Å². The first kappa shape index (κ1) is 69.8. The number of carbonyl (C=O) groups is 1. The zero-order valence-corrected chi connectivity index (χ0v) is 48.0. The maximum atomic E-state index is 12.6. The van der Waals surface area contributed by atoms with Crippen molar-refractivity contribution < 1.29 is 25.2 Å². The van der Waals surface area contributed by atoms with Crippen molar-refractivity contribution in [2.24, 2.45) is 0 Å². The smallest absolute Gasteiger partial charge is 0.249 e. The number of aliphatic hydroxyl groups excluding tert-OH is 4. The molecule has 0 aliphatic heterocycles. The Morgan fingerprint density at radius 3 is 0.845 bits per heavy atom. The molecule has 0 aromatic rings. The molecule has 4 unspecified atom stereocenters. The van der Waals surface area contributed by atoms with Crippen LogP contribution in [0.15, 0.2) is 24.3 Å². The molecule has 0 fully saturated rings. The average Bonchev–Trinajstić information content (AvgIpc) is 3.38. The Morgan fingerprint density at radius 1 is 0.338 bits per heavy atom. The van der Waals surface area contributed by atoms with Crippen molar-refractivity contribution in [2.45, 2.75) is 379 Å². The third-order valence-electron chi connectivity index (χ3n) is 15.4. The minimum absolute atomic E-state index is 0.365. The summed E-state index contributed by atoms with van der Waals surface area (Å²) in [5, 5.41) is 44.1. The van der Waals surface area contributed by atoms with E-state index in [1.54, 1.807) is 0 Å². The molecule has 0 aliphatic carbocycles. The first-order chi connectivity index (χ1) is 35.0. The summed E-state index contributed by atoms with van der Waals surface area (Å²) in [6.07, 6.45) is 74.2. The van der Waals surface area contributed by atoms with Crippen LogP contribution in [0, 0.1) is 0 Å². The van der Waals surface area contributed by atoms with Gasteiger partial charge in [-0.1, -0.05) is 314 Å². The van der Waals surface area contributed by atoms with Crippen LogP contribution in [0.25, 0.3) is 0 Å². The highest BCUT2D eigenvalue weighted by Gasteiger charge is 2.28. The Labute approximate surface area is 444 Å². The van der Waals surface area contributed by atoms with Gasteiger partial charge in [-0.15, -0.1) is 0 Å². The predicted molar refractivity (Wildman–Crippen MR) is 311 cm³/mol. The van der Waals surface area contributed by atoms with Gasteiger partial charge in [0.1, 0.15) is 12.2 Å². The lowest BCUT2D eigenvalue weighted by molar-refractivity contribution is -0.132. The summed E-state index contributed by atoms with van der Waals surface area (Å²) in [6.45, 7) is 4.09. The zero-order chi connectivity index (χ0) is 51.6. The van der Waals surface area contributed by atoms with Gasteiger partial charge in [0.15, 0.2) is 0 Å². The molecule has 5 N–H and O–H groups in total. The quantitative estimate of drug-likeness (QED) is 0.0308. The molecule has 6 heteroatoms. The summed E-state index contributed by atoms with van der Waals surface area (Å²) in [6, 6.07) is -1.00. The maximum absolute atomic E-state index is 12.6. The van der Waals surface area contributed by atoms with Crippen molar-refractivity contribution in [3.63, 3.8) is 0 Å². The van der Waals surface area contributed by atoms with Crippen LogP contribution in [0.5, 0.6) is 0 Å². The summed E-state index contributed by atoms with van der Waals surface area (Å²) in [5.41, 5.74) is 0. The summed E-state index contributed by atoms with van der Waals surface area (Å²) in [5.74, 6) is -0.587. The highest BCUT2D eigenvalue weighted by atomic mass is 16.3. The minimum Gasteiger partial charge on any atom is -0.394 e. The Bertz CT molecular complexity index is 1080. The lowest BCUT2D eigenvalue weighted by Gasteiger charge is -2.27. The van der Waals surface area contributed by atoms with E-state index in [1.165, 1.54) is 289 Å². The second-order valence-electron chi connectivity index (χ2n) is 22.5. The predicted octanol–water partition coefficient (Wildman–Crippen LogP) is 19.4. The van der Waals surface area contributed by atoms with E-state index < -0.39 is 36.9 Å². The molecule has 0 bridgehead atoms. The highest BCUT2D eigenvalue weighted by molar-refractivity contribution is 5.80. The van der Waals surface area contributed by atoms with Crippen LogP contribution < -0.4 is 5.32 Å². The standard InChI is InChI=1S/C65H127NO5/c1-3-5-7-9-11-13-15-17-19-21-23-25-27-29-31-32-33-35-37-39-41-43-45-47-49-51-53-55-57-59-63(69)65(71)66-61(60-67)64(70)62(68)58-56-54-52-50-48-46-44-42-40-38-36-34-30-28-26-24-22-20-18-16-14-12-10-8-6-4-2/h29,31,50,52,61-64,67-70H,3-28,30,32-49,51,53-60H2,1-2H3,(H,66,71)/b31-29-,52-50+. The largest absolute Gasteiger partial charge is 0.394 e. The van der Waals surface area contributed by atoms with Crippen LogP contribution in [-0.4, -0.2) is 57.3 Å². The molecule has 4 atom stereocenters. The van der Waals surface area contributed by atoms with E-state index in [4.69, 9.17) is 0 Å². The second-order valence-corrected chi connectivity index (χ2v) is 22.5. The van der Waals surface area contributed by atoms with Crippen LogP contribution in [0.1, 0.15) is 354 Å². The van der Waals surface area contributed by atoms with Crippen molar-refractivity contribution in [1.29, 1.82) is 0 Å². The lowest BCUT2D eigenvalue weighted by Crippen LogP contribution is -2.53. The molecule has 0 saturated heterocycles. The number of hydrogen-bond acceptors (Lipinski definition) is 5. The molecule has 0 saturated carbocycles. The Hall–Kier alpha value is -1.21. The Balaban J connectivity index is 3.59. The maximum Gasteiger partial charge on any atom is 0.249 e. The van der Waals surface area contributed by atoms with Gasteiger partial charge in [0.25, 0.3) is 0 Å². The fourth-order valence-corrected chi connectivity index (χ4v) is 10.3. The average molecular weight is 1000 g/mol. The number of nitrogens with one attached hydrogen (secondary N) is 1. The first-order valence-corrected chi connectivity index (χ1v) is 32.2. The van der Waals surface area contributed by atoms with Gasteiger partial charge in [0.05, 0.1) is 18.8 Å². The van der Waals surface area contributed by atoms with Gasteiger partial charge in [0.2, 0.25) is 5.91 Å². The summed E-state index contributed by atoms with van der Waals surface area (Å²) >= 11 is 0. The fraction of sp³-hybridized carbons (Fsp3) is 0.923. The van der Waals surface area contributed by atoms with Crippen LogP contribution in [0.2, 0.25) is 0 Å². The molecule has 71 heavy (non-hydrogen) atoms. The van der Waals surface area contributed by atoms with Gasteiger partial charge >= 0.3 is 0 Å².